The topological polar surface area (TPSA) is 93.5 Å². The number of nitrogens with zero attached hydrogens (tertiary/aromatic N) is 1. The third-order valence-electron chi connectivity index (χ3n) is 4.30. The van der Waals surface area contributed by atoms with Crippen LogP contribution in [-0.2, 0) is 11.4 Å². The summed E-state index contributed by atoms with van der Waals surface area (Å²) < 4.78 is 37.0. The zero-order valence-corrected chi connectivity index (χ0v) is 16.3. The fourth-order valence-corrected chi connectivity index (χ4v) is 2.67. The van der Waals surface area contributed by atoms with Gasteiger partial charge in [0, 0.05) is 11.8 Å². The van der Waals surface area contributed by atoms with Gasteiger partial charge in [0.1, 0.15) is 18.1 Å². The quantitative estimate of drug-likeness (QED) is 0.616. The van der Waals surface area contributed by atoms with Gasteiger partial charge in [0.2, 0.25) is 5.91 Å². The Balaban J connectivity index is 1.60. The van der Waals surface area contributed by atoms with Crippen LogP contribution >= 0.6 is 0 Å². The number of hydrogen-bond donors (Lipinski definition) is 2. The molecule has 0 aliphatic heterocycles. The summed E-state index contributed by atoms with van der Waals surface area (Å²) in [6.07, 6.45) is 0. The number of hydrogen-bond acceptors (Lipinski definition) is 5. The van der Waals surface area contributed by atoms with Gasteiger partial charge in [-0.2, -0.15) is 0 Å². The lowest BCUT2D eigenvalue weighted by molar-refractivity contribution is -0.115. The smallest absolute Gasteiger partial charge is 0.255 e. The first-order valence-corrected chi connectivity index (χ1v) is 9.02. The standard InChI is InChI=1S/C21H19F2N3O4/c1-12-16(13(2)30-26-12)11-29-19-6-4-3-5-15(19)21(28)24-10-20(27)25-14-7-8-17(22)18(23)9-14/h3-9H,10-11H2,1-2H3,(H,24,28)(H,25,27). The highest BCUT2D eigenvalue weighted by Crippen LogP contribution is 2.21. The van der Waals surface area contributed by atoms with Crippen molar-refractivity contribution in [1.82, 2.24) is 10.5 Å². The van der Waals surface area contributed by atoms with Crippen LogP contribution in [0.3, 0.4) is 0 Å². The zero-order chi connectivity index (χ0) is 21.7. The molecule has 3 aromatic rings. The van der Waals surface area contributed by atoms with Crippen molar-refractivity contribution >= 4 is 17.5 Å². The lowest BCUT2D eigenvalue weighted by Crippen LogP contribution is -2.33. The van der Waals surface area contributed by atoms with Gasteiger partial charge in [-0.05, 0) is 38.1 Å². The van der Waals surface area contributed by atoms with Crippen LogP contribution in [0.1, 0.15) is 27.4 Å². The molecule has 0 spiro atoms. The van der Waals surface area contributed by atoms with Crippen LogP contribution in [0.2, 0.25) is 0 Å². The normalized spacial score (nSPS) is 10.5. The van der Waals surface area contributed by atoms with E-state index in [4.69, 9.17) is 9.26 Å². The van der Waals surface area contributed by atoms with E-state index in [1.54, 1.807) is 38.1 Å². The van der Waals surface area contributed by atoms with Gasteiger partial charge in [-0.3, -0.25) is 9.59 Å². The largest absolute Gasteiger partial charge is 0.488 e. The number of carbonyl (C=O) groups excluding carboxylic acids is 2. The summed E-state index contributed by atoms with van der Waals surface area (Å²) in [7, 11) is 0. The van der Waals surface area contributed by atoms with Gasteiger partial charge < -0.3 is 19.9 Å². The number of aromatic nitrogens is 1. The molecule has 156 valence electrons. The summed E-state index contributed by atoms with van der Waals surface area (Å²) in [4.78, 5) is 24.5. The summed E-state index contributed by atoms with van der Waals surface area (Å²) in [6, 6.07) is 9.55. The van der Waals surface area contributed by atoms with E-state index < -0.39 is 23.4 Å². The van der Waals surface area contributed by atoms with E-state index in [9.17, 15) is 18.4 Å². The van der Waals surface area contributed by atoms with Crippen molar-refractivity contribution < 1.29 is 27.6 Å². The van der Waals surface area contributed by atoms with Crippen molar-refractivity contribution in [3.63, 3.8) is 0 Å². The predicted octanol–water partition coefficient (Wildman–Crippen LogP) is 3.52. The van der Waals surface area contributed by atoms with Crippen molar-refractivity contribution in [3.05, 3.63) is 76.7 Å². The van der Waals surface area contributed by atoms with E-state index in [2.05, 4.69) is 15.8 Å². The second kappa shape index (κ2) is 9.17. The molecule has 9 heteroatoms. The molecule has 0 saturated heterocycles. The number of carbonyl (C=O) groups is 2. The summed E-state index contributed by atoms with van der Waals surface area (Å²) in [5.74, 6) is -2.26. The molecule has 2 aromatic carbocycles. The van der Waals surface area contributed by atoms with E-state index in [1.165, 1.54) is 6.07 Å². The number of para-hydroxylation sites is 1. The van der Waals surface area contributed by atoms with Gasteiger partial charge >= 0.3 is 0 Å². The number of aryl methyl sites for hydroxylation is 2. The highest BCUT2D eigenvalue weighted by atomic mass is 19.2. The molecular weight excluding hydrogens is 396 g/mol. The summed E-state index contributed by atoms with van der Waals surface area (Å²) in [5.41, 5.74) is 1.81. The van der Waals surface area contributed by atoms with Gasteiger partial charge in [0.15, 0.2) is 11.6 Å². The highest BCUT2D eigenvalue weighted by molar-refractivity contribution is 6.00. The first-order valence-electron chi connectivity index (χ1n) is 9.02. The molecule has 0 unspecified atom stereocenters. The van der Waals surface area contributed by atoms with Crippen LogP contribution in [0.5, 0.6) is 5.75 Å². The number of benzene rings is 2. The maximum atomic E-state index is 13.2. The number of halogens is 2. The minimum absolute atomic E-state index is 0.0799. The number of amides is 2. The Morgan fingerprint density at radius 2 is 1.87 bits per heavy atom. The molecule has 0 atom stereocenters. The third-order valence-corrected chi connectivity index (χ3v) is 4.30. The van der Waals surface area contributed by atoms with Gasteiger partial charge in [-0.25, -0.2) is 8.78 Å². The Labute approximate surface area is 171 Å². The molecule has 1 aromatic heterocycles. The summed E-state index contributed by atoms with van der Waals surface area (Å²) in [5, 5.41) is 8.71. The SMILES string of the molecule is Cc1noc(C)c1COc1ccccc1C(=O)NCC(=O)Nc1ccc(F)c(F)c1. The van der Waals surface area contributed by atoms with Gasteiger partial charge in [0.05, 0.1) is 23.4 Å². The van der Waals surface area contributed by atoms with Crippen molar-refractivity contribution in [1.29, 1.82) is 0 Å². The lowest BCUT2D eigenvalue weighted by Gasteiger charge is -2.12. The van der Waals surface area contributed by atoms with E-state index in [1.807, 2.05) is 0 Å². The molecule has 0 saturated carbocycles. The second-order valence-electron chi connectivity index (χ2n) is 6.45. The molecule has 0 bridgehead atoms. The van der Waals surface area contributed by atoms with Crippen LogP contribution in [0.25, 0.3) is 0 Å². The molecule has 0 fully saturated rings. The fraction of sp³-hybridized carbons (Fsp3) is 0.190. The Morgan fingerprint density at radius 3 is 2.57 bits per heavy atom. The average molecular weight is 415 g/mol. The Morgan fingerprint density at radius 1 is 1.10 bits per heavy atom. The Bertz CT molecular complexity index is 1060. The van der Waals surface area contributed by atoms with E-state index >= 15 is 0 Å². The summed E-state index contributed by atoms with van der Waals surface area (Å²) >= 11 is 0. The second-order valence-corrected chi connectivity index (χ2v) is 6.45. The maximum Gasteiger partial charge on any atom is 0.255 e. The third kappa shape index (κ3) is 4.99. The maximum absolute atomic E-state index is 13.2. The predicted molar refractivity (Wildman–Crippen MR) is 104 cm³/mol. The minimum Gasteiger partial charge on any atom is -0.488 e. The highest BCUT2D eigenvalue weighted by Gasteiger charge is 2.16. The zero-order valence-electron chi connectivity index (χ0n) is 16.3. The number of ether oxygens (including phenoxy) is 1. The first-order chi connectivity index (χ1) is 14.3. The Hall–Kier alpha value is -3.75. The van der Waals surface area contributed by atoms with Crippen LogP contribution in [-0.4, -0.2) is 23.5 Å². The average Bonchev–Trinajstić information content (AvgIpc) is 3.05. The van der Waals surface area contributed by atoms with Crippen LogP contribution in [0, 0.1) is 25.5 Å². The molecule has 30 heavy (non-hydrogen) atoms. The van der Waals surface area contributed by atoms with E-state index in [0.717, 1.165) is 17.7 Å². The lowest BCUT2D eigenvalue weighted by atomic mass is 10.2. The molecule has 0 aliphatic rings. The number of rotatable bonds is 7. The molecule has 7 nitrogen and oxygen atoms in total. The minimum atomic E-state index is -1.08. The molecule has 2 amide bonds. The van der Waals surface area contributed by atoms with Crippen LogP contribution < -0.4 is 15.4 Å². The number of anilines is 1. The monoisotopic (exact) mass is 415 g/mol. The summed E-state index contributed by atoms with van der Waals surface area (Å²) in [6.45, 7) is 3.36. The fourth-order valence-electron chi connectivity index (χ4n) is 2.67. The molecular formula is C21H19F2N3O4. The van der Waals surface area contributed by atoms with Crippen molar-refractivity contribution in [3.8, 4) is 5.75 Å². The van der Waals surface area contributed by atoms with E-state index in [-0.39, 0.29) is 24.4 Å². The molecule has 0 radical (unpaired) electrons. The molecule has 1 heterocycles. The van der Waals surface area contributed by atoms with Crippen molar-refractivity contribution in [2.24, 2.45) is 0 Å². The van der Waals surface area contributed by atoms with Crippen LogP contribution in [0.15, 0.2) is 47.0 Å². The molecule has 0 aliphatic carbocycles. The Kier molecular flexibility index (Phi) is 6.41. The van der Waals surface area contributed by atoms with Crippen molar-refractivity contribution in [2.75, 3.05) is 11.9 Å². The molecule has 3 rings (SSSR count). The van der Waals surface area contributed by atoms with Crippen LogP contribution in [0.4, 0.5) is 14.5 Å². The number of nitrogens with one attached hydrogen (secondary N) is 2. The van der Waals surface area contributed by atoms with E-state index in [0.29, 0.717) is 17.2 Å². The van der Waals surface area contributed by atoms with Crippen molar-refractivity contribution in [2.45, 2.75) is 20.5 Å². The van der Waals surface area contributed by atoms with Gasteiger partial charge in [-0.1, -0.05) is 17.3 Å². The van der Waals surface area contributed by atoms with Gasteiger partial charge in [0.25, 0.3) is 5.91 Å². The first kappa shape index (κ1) is 21.0. The molecule has 2 N–H and O–H groups in total. The van der Waals surface area contributed by atoms with Gasteiger partial charge in [-0.15, -0.1) is 0 Å².